The van der Waals surface area contributed by atoms with Gasteiger partial charge in [-0.1, -0.05) is 17.7 Å². The highest BCUT2D eigenvalue weighted by Crippen LogP contribution is 2.29. The summed E-state index contributed by atoms with van der Waals surface area (Å²) in [4.78, 5) is 25.4. The number of nitrogens with one attached hydrogen (secondary N) is 1. The van der Waals surface area contributed by atoms with Gasteiger partial charge in [-0.15, -0.1) is 0 Å². The van der Waals surface area contributed by atoms with E-state index < -0.39 is 21.5 Å². The Hall–Kier alpha value is -1.93. The van der Waals surface area contributed by atoms with Crippen molar-refractivity contribution >= 4 is 21.9 Å². The first kappa shape index (κ1) is 20.4. The number of rotatable bonds is 6. The van der Waals surface area contributed by atoms with E-state index in [1.165, 1.54) is 11.8 Å². The summed E-state index contributed by atoms with van der Waals surface area (Å²) in [6, 6.07) is 3.60. The Morgan fingerprint density at radius 2 is 1.81 bits per heavy atom. The molecule has 0 spiro atoms. The van der Waals surface area contributed by atoms with Crippen LogP contribution < -0.4 is 4.72 Å². The normalized spacial score (nSPS) is 20.4. The molecule has 0 aromatic heterocycles. The summed E-state index contributed by atoms with van der Waals surface area (Å²) in [5.41, 5.74) is 1.08. The lowest BCUT2D eigenvalue weighted by atomic mass is 9.99. The highest BCUT2D eigenvalue weighted by Gasteiger charge is 2.45. The molecular weight excluding hydrogens is 356 g/mol. The van der Waals surface area contributed by atoms with E-state index in [1.807, 2.05) is 6.92 Å². The molecule has 1 aromatic carbocycles. The maximum absolute atomic E-state index is 12.6. The molecule has 2 rings (SSSR count). The first-order chi connectivity index (χ1) is 12.0. The highest BCUT2D eigenvalue weighted by molar-refractivity contribution is 7.89. The molecular formula is C18H26N2O5S. The van der Waals surface area contributed by atoms with Crippen molar-refractivity contribution in [2.75, 3.05) is 13.1 Å². The summed E-state index contributed by atoms with van der Waals surface area (Å²) < 4.78 is 27.7. The van der Waals surface area contributed by atoms with Crippen LogP contribution in [0.4, 0.5) is 0 Å². The highest BCUT2D eigenvalue weighted by atomic mass is 32.2. The van der Waals surface area contributed by atoms with Gasteiger partial charge in [0.25, 0.3) is 0 Å². The van der Waals surface area contributed by atoms with E-state index in [-0.39, 0.29) is 23.8 Å². The number of aliphatic carboxylic acids is 1. The molecule has 1 atom stereocenters. The van der Waals surface area contributed by atoms with E-state index in [0.717, 1.165) is 5.56 Å². The van der Waals surface area contributed by atoms with Crippen molar-refractivity contribution < 1.29 is 23.1 Å². The van der Waals surface area contributed by atoms with E-state index in [0.29, 0.717) is 30.5 Å². The number of likely N-dealkylation sites (tertiary alicyclic amines) is 1. The average Bonchev–Trinajstić information content (AvgIpc) is 2.88. The quantitative estimate of drug-likeness (QED) is 0.780. The molecule has 0 saturated carbocycles. The number of carboxylic acids is 1. The number of amides is 1. The van der Waals surface area contributed by atoms with Crippen molar-refractivity contribution in [2.45, 2.75) is 57.4 Å². The maximum atomic E-state index is 12.6. The molecule has 1 aliphatic rings. The summed E-state index contributed by atoms with van der Waals surface area (Å²) >= 11 is 0. The number of benzene rings is 1. The molecule has 0 radical (unpaired) electrons. The van der Waals surface area contributed by atoms with Crippen LogP contribution in [0.25, 0.3) is 0 Å². The van der Waals surface area contributed by atoms with E-state index >= 15 is 0 Å². The predicted molar refractivity (Wildman–Crippen MR) is 97.4 cm³/mol. The molecule has 2 N–H and O–H groups in total. The molecule has 1 aromatic rings. The molecule has 144 valence electrons. The molecule has 0 aliphatic carbocycles. The third-order valence-electron chi connectivity index (χ3n) is 4.91. The molecule has 0 bridgehead atoms. The van der Waals surface area contributed by atoms with E-state index in [2.05, 4.69) is 4.72 Å². The van der Waals surface area contributed by atoms with Crippen LogP contribution in [0.3, 0.4) is 0 Å². The van der Waals surface area contributed by atoms with E-state index in [1.54, 1.807) is 26.0 Å². The van der Waals surface area contributed by atoms with Gasteiger partial charge in [-0.05, 0) is 51.7 Å². The SMILES string of the molecule is Cc1cc(C)c(S(=O)(=O)NCCC(=O)N2CCCC2(C)C(=O)O)c(C)c1. The lowest BCUT2D eigenvalue weighted by Crippen LogP contribution is -2.51. The lowest BCUT2D eigenvalue weighted by Gasteiger charge is -2.31. The van der Waals surface area contributed by atoms with Crippen molar-refractivity contribution in [2.24, 2.45) is 0 Å². The van der Waals surface area contributed by atoms with Crippen molar-refractivity contribution in [1.82, 2.24) is 9.62 Å². The van der Waals surface area contributed by atoms with Crippen LogP contribution in [0.1, 0.15) is 42.9 Å². The number of carbonyl (C=O) groups excluding carboxylic acids is 1. The minimum absolute atomic E-state index is 0.0693. The number of carboxylic acid groups (broad SMARTS) is 1. The van der Waals surface area contributed by atoms with Crippen LogP contribution in [0.5, 0.6) is 0 Å². The zero-order chi connectivity index (χ0) is 19.7. The number of carbonyl (C=O) groups is 2. The Kier molecular flexibility index (Phi) is 5.77. The number of nitrogens with zero attached hydrogens (tertiary/aromatic N) is 1. The molecule has 1 fully saturated rings. The van der Waals surface area contributed by atoms with Gasteiger partial charge in [-0.3, -0.25) is 4.79 Å². The molecule has 1 heterocycles. The van der Waals surface area contributed by atoms with Gasteiger partial charge in [0.15, 0.2) is 0 Å². The minimum Gasteiger partial charge on any atom is -0.480 e. The largest absolute Gasteiger partial charge is 0.480 e. The Labute approximate surface area is 154 Å². The minimum atomic E-state index is -3.74. The second-order valence-corrected chi connectivity index (χ2v) is 8.81. The van der Waals surface area contributed by atoms with Gasteiger partial charge in [0, 0.05) is 19.5 Å². The van der Waals surface area contributed by atoms with Gasteiger partial charge in [-0.2, -0.15) is 0 Å². The molecule has 1 aliphatic heterocycles. The van der Waals surface area contributed by atoms with Gasteiger partial charge >= 0.3 is 5.97 Å². The fraction of sp³-hybridized carbons (Fsp3) is 0.556. The molecule has 26 heavy (non-hydrogen) atoms. The number of hydrogen-bond donors (Lipinski definition) is 2. The zero-order valence-electron chi connectivity index (χ0n) is 15.6. The zero-order valence-corrected chi connectivity index (χ0v) is 16.4. The van der Waals surface area contributed by atoms with Crippen molar-refractivity contribution in [3.05, 3.63) is 28.8 Å². The summed E-state index contributed by atoms with van der Waals surface area (Å²) in [7, 11) is -3.74. The Balaban J connectivity index is 2.05. The standard InChI is InChI=1S/C18H26N2O5S/c1-12-10-13(2)16(14(3)11-12)26(24,25)19-8-6-15(21)20-9-5-7-18(20,4)17(22)23/h10-11,19H,5-9H2,1-4H3,(H,22,23). The van der Waals surface area contributed by atoms with E-state index in [9.17, 15) is 23.1 Å². The third-order valence-corrected chi connectivity index (χ3v) is 6.67. The third kappa shape index (κ3) is 3.91. The van der Waals surface area contributed by atoms with E-state index in [4.69, 9.17) is 0 Å². The van der Waals surface area contributed by atoms with Crippen molar-refractivity contribution in [3.63, 3.8) is 0 Å². The molecule has 1 unspecified atom stereocenters. The van der Waals surface area contributed by atoms with Crippen LogP contribution in [0.15, 0.2) is 17.0 Å². The molecule has 7 nitrogen and oxygen atoms in total. The fourth-order valence-electron chi connectivity index (χ4n) is 3.68. The van der Waals surface area contributed by atoms with Crippen molar-refractivity contribution in [1.29, 1.82) is 0 Å². The second-order valence-electron chi connectivity index (χ2n) is 7.10. The Bertz CT molecular complexity index is 811. The second kappa shape index (κ2) is 7.36. The number of sulfonamides is 1. The van der Waals surface area contributed by atoms with Gasteiger partial charge < -0.3 is 10.0 Å². The summed E-state index contributed by atoms with van der Waals surface area (Å²) in [6.07, 6.45) is 0.954. The van der Waals surface area contributed by atoms with Crippen LogP contribution in [0, 0.1) is 20.8 Å². The Morgan fingerprint density at radius 3 is 2.35 bits per heavy atom. The molecule has 8 heteroatoms. The first-order valence-corrected chi connectivity index (χ1v) is 10.1. The van der Waals surface area contributed by atoms with Crippen LogP contribution in [-0.4, -0.2) is 48.9 Å². The topological polar surface area (TPSA) is 104 Å². The predicted octanol–water partition coefficient (Wildman–Crippen LogP) is 1.75. The smallest absolute Gasteiger partial charge is 0.329 e. The number of hydrogen-bond acceptors (Lipinski definition) is 4. The summed E-state index contributed by atoms with van der Waals surface area (Å²) in [5.74, 6) is -1.39. The summed E-state index contributed by atoms with van der Waals surface area (Å²) in [6.45, 7) is 7.22. The van der Waals surface area contributed by atoms with Gasteiger partial charge in [0.1, 0.15) is 5.54 Å². The molecule has 1 amide bonds. The van der Waals surface area contributed by atoms with Crippen LogP contribution in [0.2, 0.25) is 0 Å². The monoisotopic (exact) mass is 382 g/mol. The lowest BCUT2D eigenvalue weighted by molar-refractivity contribution is -0.155. The van der Waals surface area contributed by atoms with Crippen LogP contribution >= 0.6 is 0 Å². The van der Waals surface area contributed by atoms with Crippen LogP contribution in [-0.2, 0) is 19.6 Å². The number of aryl methyl sites for hydroxylation is 3. The first-order valence-electron chi connectivity index (χ1n) is 8.60. The van der Waals surface area contributed by atoms with Gasteiger partial charge in [0.2, 0.25) is 15.9 Å². The fourth-order valence-corrected chi connectivity index (χ4v) is 5.16. The van der Waals surface area contributed by atoms with Gasteiger partial charge in [-0.25, -0.2) is 17.9 Å². The average molecular weight is 382 g/mol. The maximum Gasteiger partial charge on any atom is 0.329 e. The molecule has 1 saturated heterocycles. The Morgan fingerprint density at radius 1 is 1.23 bits per heavy atom. The summed E-state index contributed by atoms with van der Waals surface area (Å²) in [5, 5.41) is 9.37. The van der Waals surface area contributed by atoms with Crippen molar-refractivity contribution in [3.8, 4) is 0 Å². The van der Waals surface area contributed by atoms with Gasteiger partial charge in [0.05, 0.1) is 4.90 Å².